The standard InChI is InChI=1S/C39H77NO6S/c1-3-5-7-9-11-13-15-16-17-18-19-20-21-22-23-24-26-27-29-31-33-37(41)36(35-47(44,45)46)40-39(43)38(42)34-32-30-28-25-14-12-10-8-6-4-2/h31,33,36-38,41-42H,3-30,32,34-35H2,1-2H3,(H,40,43)(H,44,45,46)/b33-31+. The minimum absolute atomic E-state index is 0.284. The van der Waals surface area contributed by atoms with Crippen molar-refractivity contribution in [2.45, 2.75) is 225 Å². The molecule has 0 heterocycles. The minimum Gasteiger partial charge on any atom is -0.387 e. The number of aliphatic hydroxyl groups is 2. The van der Waals surface area contributed by atoms with Crippen LogP contribution in [0.25, 0.3) is 0 Å². The van der Waals surface area contributed by atoms with Crippen LogP contribution in [0.3, 0.4) is 0 Å². The van der Waals surface area contributed by atoms with Crippen molar-refractivity contribution in [1.82, 2.24) is 5.32 Å². The molecule has 0 aliphatic carbocycles. The second-order valence-corrected chi connectivity index (χ2v) is 15.6. The first-order valence-corrected chi connectivity index (χ1v) is 21.6. The maximum absolute atomic E-state index is 12.5. The predicted octanol–water partition coefficient (Wildman–Crippen LogP) is 10.4. The molecule has 280 valence electrons. The van der Waals surface area contributed by atoms with Crippen LogP contribution < -0.4 is 5.32 Å². The highest BCUT2D eigenvalue weighted by atomic mass is 32.2. The van der Waals surface area contributed by atoms with E-state index in [1.54, 1.807) is 6.08 Å². The molecule has 0 aliphatic rings. The van der Waals surface area contributed by atoms with Gasteiger partial charge in [-0.05, 0) is 19.3 Å². The van der Waals surface area contributed by atoms with Crippen molar-refractivity contribution in [3.63, 3.8) is 0 Å². The predicted molar refractivity (Wildman–Crippen MR) is 199 cm³/mol. The molecule has 0 aromatic heterocycles. The second kappa shape index (κ2) is 33.5. The fourth-order valence-corrected chi connectivity index (χ4v) is 6.96. The SMILES string of the molecule is CCCCCCCCCCCCCCCCCCCC/C=C/C(O)C(CS(=O)(=O)O)NC(=O)C(O)CCCCCCCCCCCC. The number of allylic oxidation sites excluding steroid dienone is 1. The van der Waals surface area contributed by atoms with Crippen LogP contribution in [0.4, 0.5) is 0 Å². The largest absolute Gasteiger partial charge is 0.387 e. The maximum atomic E-state index is 12.5. The van der Waals surface area contributed by atoms with Gasteiger partial charge in [0.15, 0.2) is 0 Å². The lowest BCUT2D eigenvalue weighted by Gasteiger charge is -2.22. The highest BCUT2D eigenvalue weighted by Crippen LogP contribution is 2.16. The summed E-state index contributed by atoms with van der Waals surface area (Å²) in [6.07, 6.45) is 37.0. The molecule has 8 heteroatoms. The zero-order valence-corrected chi connectivity index (χ0v) is 31.6. The summed E-state index contributed by atoms with van der Waals surface area (Å²) in [5.41, 5.74) is 0. The maximum Gasteiger partial charge on any atom is 0.267 e. The second-order valence-electron chi connectivity index (χ2n) is 14.1. The molecule has 0 fully saturated rings. The van der Waals surface area contributed by atoms with Crippen LogP contribution in [0.5, 0.6) is 0 Å². The Bertz CT molecular complexity index is 818. The van der Waals surface area contributed by atoms with E-state index in [-0.39, 0.29) is 6.42 Å². The van der Waals surface area contributed by atoms with E-state index in [1.165, 1.54) is 147 Å². The highest BCUT2D eigenvalue weighted by Gasteiger charge is 2.27. The van der Waals surface area contributed by atoms with Gasteiger partial charge in [0.1, 0.15) is 6.10 Å². The molecule has 0 aromatic rings. The summed E-state index contributed by atoms with van der Waals surface area (Å²) in [6, 6.07) is -1.23. The van der Waals surface area contributed by atoms with Crippen molar-refractivity contribution >= 4 is 16.0 Å². The average Bonchev–Trinajstić information content (AvgIpc) is 3.03. The third kappa shape index (κ3) is 33.3. The Balaban J connectivity index is 3.99. The summed E-state index contributed by atoms with van der Waals surface area (Å²) in [4.78, 5) is 12.5. The van der Waals surface area contributed by atoms with Gasteiger partial charge in [0.2, 0.25) is 5.91 Å². The molecule has 4 N–H and O–H groups in total. The van der Waals surface area contributed by atoms with Gasteiger partial charge in [0.25, 0.3) is 10.1 Å². The molecule has 1 amide bonds. The van der Waals surface area contributed by atoms with E-state index in [0.717, 1.165) is 38.5 Å². The summed E-state index contributed by atoms with van der Waals surface area (Å²) >= 11 is 0. The van der Waals surface area contributed by atoms with E-state index in [1.807, 2.05) is 0 Å². The number of amides is 1. The van der Waals surface area contributed by atoms with Gasteiger partial charge >= 0.3 is 0 Å². The zero-order valence-electron chi connectivity index (χ0n) is 30.8. The summed E-state index contributed by atoms with van der Waals surface area (Å²) < 4.78 is 32.4. The molecule has 0 aromatic carbocycles. The number of hydrogen-bond acceptors (Lipinski definition) is 5. The molecule has 3 unspecified atom stereocenters. The fourth-order valence-electron chi connectivity index (χ4n) is 6.22. The number of carbonyl (C=O) groups excluding carboxylic acids is 1. The molecular formula is C39H77NO6S. The summed E-state index contributed by atoms with van der Waals surface area (Å²) in [5.74, 6) is -1.53. The minimum atomic E-state index is -4.43. The molecule has 0 rings (SSSR count). The fraction of sp³-hybridized carbons (Fsp3) is 0.923. The normalized spacial score (nSPS) is 14.1. The van der Waals surface area contributed by atoms with Gasteiger partial charge in [-0.3, -0.25) is 9.35 Å². The lowest BCUT2D eigenvalue weighted by Crippen LogP contribution is -2.50. The first-order chi connectivity index (χ1) is 22.7. The first-order valence-electron chi connectivity index (χ1n) is 20.0. The Kier molecular flexibility index (Phi) is 32.8. The number of aliphatic hydroxyl groups excluding tert-OH is 2. The van der Waals surface area contributed by atoms with Crippen LogP contribution in [0, 0.1) is 0 Å². The van der Waals surface area contributed by atoms with Crippen LogP contribution in [-0.2, 0) is 14.9 Å². The van der Waals surface area contributed by atoms with Crippen molar-refractivity contribution in [3.8, 4) is 0 Å². The van der Waals surface area contributed by atoms with Gasteiger partial charge < -0.3 is 15.5 Å². The van der Waals surface area contributed by atoms with Gasteiger partial charge in [0.05, 0.1) is 17.9 Å². The Morgan fingerprint density at radius 3 is 1.28 bits per heavy atom. The van der Waals surface area contributed by atoms with E-state index in [4.69, 9.17) is 0 Å². The van der Waals surface area contributed by atoms with Gasteiger partial charge in [-0.15, -0.1) is 0 Å². The van der Waals surface area contributed by atoms with Crippen molar-refractivity contribution in [2.24, 2.45) is 0 Å². The molecule has 0 saturated heterocycles. The number of unbranched alkanes of at least 4 members (excludes halogenated alkanes) is 27. The zero-order chi connectivity index (χ0) is 34.9. The van der Waals surface area contributed by atoms with Crippen LogP contribution >= 0.6 is 0 Å². The van der Waals surface area contributed by atoms with Crippen LogP contribution in [-0.4, -0.2) is 53.1 Å². The summed E-state index contributed by atoms with van der Waals surface area (Å²) in [7, 11) is -4.43. The molecule has 0 aliphatic heterocycles. The Labute approximate surface area is 291 Å². The van der Waals surface area contributed by atoms with E-state index in [2.05, 4.69) is 19.2 Å². The molecule has 47 heavy (non-hydrogen) atoms. The number of hydrogen-bond donors (Lipinski definition) is 4. The average molecular weight is 688 g/mol. The first kappa shape index (κ1) is 46.0. The lowest BCUT2D eigenvalue weighted by molar-refractivity contribution is -0.130. The summed E-state index contributed by atoms with van der Waals surface area (Å²) in [6.45, 7) is 4.49. The lowest BCUT2D eigenvalue weighted by atomic mass is 10.0. The molecule has 0 radical (unpaired) electrons. The van der Waals surface area contributed by atoms with Gasteiger partial charge in [-0.1, -0.05) is 199 Å². The Morgan fingerprint density at radius 2 is 0.915 bits per heavy atom. The molecule has 0 saturated carbocycles. The van der Waals surface area contributed by atoms with Crippen molar-refractivity contribution in [2.75, 3.05) is 5.75 Å². The van der Waals surface area contributed by atoms with Crippen molar-refractivity contribution in [3.05, 3.63) is 12.2 Å². The monoisotopic (exact) mass is 688 g/mol. The van der Waals surface area contributed by atoms with Crippen molar-refractivity contribution in [1.29, 1.82) is 0 Å². The summed E-state index contributed by atoms with van der Waals surface area (Å²) in [5, 5.41) is 23.3. The van der Waals surface area contributed by atoms with Gasteiger partial charge in [-0.2, -0.15) is 8.42 Å². The molecular weight excluding hydrogens is 610 g/mol. The van der Waals surface area contributed by atoms with E-state index >= 15 is 0 Å². The van der Waals surface area contributed by atoms with Crippen LogP contribution in [0.1, 0.15) is 206 Å². The molecule has 7 nitrogen and oxygen atoms in total. The van der Waals surface area contributed by atoms with E-state index < -0.39 is 40.0 Å². The quantitative estimate of drug-likeness (QED) is 0.0295. The van der Waals surface area contributed by atoms with E-state index in [9.17, 15) is 28.0 Å². The number of nitrogens with one attached hydrogen (secondary N) is 1. The number of rotatable bonds is 36. The highest BCUT2D eigenvalue weighted by molar-refractivity contribution is 7.85. The number of carbonyl (C=O) groups is 1. The third-order valence-corrected chi connectivity index (χ3v) is 10.1. The van der Waals surface area contributed by atoms with Crippen LogP contribution in [0.2, 0.25) is 0 Å². The molecule has 0 bridgehead atoms. The van der Waals surface area contributed by atoms with Gasteiger partial charge in [-0.25, -0.2) is 0 Å². The molecule has 3 atom stereocenters. The Hall–Kier alpha value is -0.960. The molecule has 0 spiro atoms. The van der Waals surface area contributed by atoms with E-state index in [0.29, 0.717) is 6.42 Å². The third-order valence-electron chi connectivity index (χ3n) is 9.32. The smallest absolute Gasteiger partial charge is 0.267 e. The Morgan fingerprint density at radius 1 is 0.574 bits per heavy atom. The topological polar surface area (TPSA) is 124 Å². The van der Waals surface area contributed by atoms with Gasteiger partial charge in [0, 0.05) is 0 Å². The van der Waals surface area contributed by atoms with Crippen molar-refractivity contribution < 1.29 is 28.0 Å². The van der Waals surface area contributed by atoms with Crippen LogP contribution in [0.15, 0.2) is 12.2 Å².